The molecule has 1 aliphatic rings. The summed E-state index contributed by atoms with van der Waals surface area (Å²) in [7, 11) is 0. The molecule has 0 aromatic heterocycles. The number of carbonyl (C=O) groups excluding carboxylic acids is 1. The van der Waals surface area contributed by atoms with Gasteiger partial charge in [-0.1, -0.05) is 38.1 Å². The maximum absolute atomic E-state index is 12.3. The smallest absolute Gasteiger partial charge is 0.305 e. The van der Waals surface area contributed by atoms with Crippen molar-refractivity contribution in [2.24, 2.45) is 5.92 Å². The molecule has 0 fully saturated rings. The van der Waals surface area contributed by atoms with Crippen molar-refractivity contribution >= 4 is 11.9 Å². The van der Waals surface area contributed by atoms with Crippen LogP contribution in [0.5, 0.6) is 0 Å². The minimum absolute atomic E-state index is 0.0489. The molecule has 1 aromatic rings. The molecule has 1 aromatic carbocycles. The van der Waals surface area contributed by atoms with Crippen LogP contribution < -0.4 is 10.6 Å². The molecular weight excluding hydrogens is 268 g/mol. The predicted molar refractivity (Wildman–Crippen MR) is 79.8 cm³/mol. The topological polar surface area (TPSA) is 78.4 Å². The molecule has 1 aliphatic heterocycles. The molecule has 3 N–H and O–H groups in total. The number of amides is 1. The van der Waals surface area contributed by atoms with E-state index in [0.717, 1.165) is 0 Å². The first-order chi connectivity index (χ1) is 9.97. The highest BCUT2D eigenvalue weighted by molar-refractivity contribution is 5.83. The monoisotopic (exact) mass is 290 g/mol. The van der Waals surface area contributed by atoms with Crippen LogP contribution in [0.3, 0.4) is 0 Å². The van der Waals surface area contributed by atoms with Crippen molar-refractivity contribution in [2.75, 3.05) is 0 Å². The Morgan fingerprint density at radius 3 is 2.62 bits per heavy atom. The van der Waals surface area contributed by atoms with E-state index in [2.05, 4.69) is 16.7 Å². The zero-order valence-corrected chi connectivity index (χ0v) is 12.4. The minimum atomic E-state index is -0.893. The van der Waals surface area contributed by atoms with E-state index >= 15 is 0 Å². The first-order valence-electron chi connectivity index (χ1n) is 7.29. The summed E-state index contributed by atoms with van der Waals surface area (Å²) in [5.74, 6) is -0.929. The number of benzene rings is 1. The fraction of sp³-hybridized carbons (Fsp3) is 0.500. The van der Waals surface area contributed by atoms with E-state index in [9.17, 15) is 9.59 Å². The van der Waals surface area contributed by atoms with Crippen molar-refractivity contribution < 1.29 is 14.7 Å². The van der Waals surface area contributed by atoms with Crippen LogP contribution in [-0.4, -0.2) is 29.1 Å². The molecule has 2 unspecified atom stereocenters. The van der Waals surface area contributed by atoms with Crippen molar-refractivity contribution in [3.63, 3.8) is 0 Å². The van der Waals surface area contributed by atoms with E-state index < -0.39 is 5.97 Å². The average molecular weight is 290 g/mol. The first kappa shape index (κ1) is 15.5. The van der Waals surface area contributed by atoms with Gasteiger partial charge < -0.3 is 15.7 Å². The molecule has 21 heavy (non-hydrogen) atoms. The second kappa shape index (κ2) is 6.72. The van der Waals surface area contributed by atoms with Gasteiger partial charge in [0.25, 0.3) is 0 Å². The second-order valence-corrected chi connectivity index (χ2v) is 5.86. The van der Waals surface area contributed by atoms with Gasteiger partial charge in [-0.3, -0.25) is 9.59 Å². The van der Waals surface area contributed by atoms with Gasteiger partial charge in [0.15, 0.2) is 0 Å². The Kier molecular flexibility index (Phi) is 4.96. The lowest BCUT2D eigenvalue weighted by atomic mass is 9.94. The zero-order valence-electron chi connectivity index (χ0n) is 12.4. The highest BCUT2D eigenvalue weighted by Crippen LogP contribution is 2.17. The van der Waals surface area contributed by atoms with Crippen LogP contribution in [0.4, 0.5) is 0 Å². The molecule has 114 valence electrons. The summed E-state index contributed by atoms with van der Waals surface area (Å²) >= 11 is 0. The molecule has 0 saturated heterocycles. The highest BCUT2D eigenvalue weighted by Gasteiger charge is 2.27. The Morgan fingerprint density at radius 1 is 1.33 bits per heavy atom. The summed E-state index contributed by atoms with van der Waals surface area (Å²) in [6, 6.07) is 7.41. The summed E-state index contributed by atoms with van der Waals surface area (Å²) in [6.45, 7) is 4.49. The van der Waals surface area contributed by atoms with Gasteiger partial charge in [0.05, 0.1) is 12.5 Å². The van der Waals surface area contributed by atoms with Crippen LogP contribution in [0.2, 0.25) is 0 Å². The fourth-order valence-electron chi connectivity index (χ4n) is 2.56. The average Bonchev–Trinajstić information content (AvgIpc) is 2.45. The van der Waals surface area contributed by atoms with Crippen LogP contribution in [0.25, 0.3) is 0 Å². The van der Waals surface area contributed by atoms with Crippen LogP contribution in [0.1, 0.15) is 31.4 Å². The summed E-state index contributed by atoms with van der Waals surface area (Å²) in [5.41, 5.74) is 2.39. The number of nitrogens with one attached hydrogen (secondary N) is 2. The highest BCUT2D eigenvalue weighted by atomic mass is 16.4. The van der Waals surface area contributed by atoms with Gasteiger partial charge in [-0.15, -0.1) is 0 Å². The van der Waals surface area contributed by atoms with E-state index in [1.165, 1.54) is 11.1 Å². The lowest BCUT2D eigenvalue weighted by Gasteiger charge is -2.28. The van der Waals surface area contributed by atoms with E-state index in [1.54, 1.807) is 0 Å². The third-order valence-electron chi connectivity index (χ3n) is 3.92. The number of carbonyl (C=O) groups is 2. The van der Waals surface area contributed by atoms with Crippen molar-refractivity contribution in [3.05, 3.63) is 35.4 Å². The number of hydrogen-bond donors (Lipinski definition) is 3. The van der Waals surface area contributed by atoms with Gasteiger partial charge in [-0.25, -0.2) is 0 Å². The quantitative estimate of drug-likeness (QED) is 0.764. The lowest BCUT2D eigenvalue weighted by molar-refractivity contribution is -0.138. The molecule has 1 amide bonds. The van der Waals surface area contributed by atoms with Crippen molar-refractivity contribution in [3.8, 4) is 0 Å². The van der Waals surface area contributed by atoms with Crippen molar-refractivity contribution in [2.45, 2.75) is 45.3 Å². The molecule has 0 saturated carbocycles. The number of carboxylic acid groups (broad SMARTS) is 1. The normalized spacial score (nSPS) is 18.9. The van der Waals surface area contributed by atoms with Gasteiger partial charge in [0, 0.05) is 12.6 Å². The number of carboxylic acids is 1. The Bertz CT molecular complexity index is 528. The van der Waals surface area contributed by atoms with E-state index in [4.69, 9.17) is 5.11 Å². The summed E-state index contributed by atoms with van der Waals surface area (Å²) < 4.78 is 0. The van der Waals surface area contributed by atoms with Crippen LogP contribution in [0.15, 0.2) is 24.3 Å². The third-order valence-corrected chi connectivity index (χ3v) is 3.92. The fourth-order valence-corrected chi connectivity index (χ4v) is 2.56. The molecule has 5 heteroatoms. The van der Waals surface area contributed by atoms with E-state index in [0.29, 0.717) is 13.0 Å². The number of hydrogen-bond acceptors (Lipinski definition) is 3. The minimum Gasteiger partial charge on any atom is -0.481 e. The lowest BCUT2D eigenvalue weighted by Crippen LogP contribution is -2.52. The first-order valence-corrected chi connectivity index (χ1v) is 7.29. The molecule has 0 bridgehead atoms. The Hall–Kier alpha value is -1.88. The van der Waals surface area contributed by atoms with Gasteiger partial charge in [0.2, 0.25) is 5.91 Å². The molecular formula is C16H22N2O3. The SMILES string of the molecule is CC(C)C(CC(=O)O)NC(=O)C1Cc2ccccc2CN1. The van der Waals surface area contributed by atoms with Gasteiger partial charge in [-0.2, -0.15) is 0 Å². The number of fused-ring (bicyclic) bond motifs is 1. The van der Waals surface area contributed by atoms with Crippen LogP contribution in [-0.2, 0) is 22.6 Å². The van der Waals surface area contributed by atoms with Crippen molar-refractivity contribution in [1.29, 1.82) is 0 Å². The Morgan fingerprint density at radius 2 is 2.00 bits per heavy atom. The molecule has 0 aliphatic carbocycles. The summed E-state index contributed by atoms with van der Waals surface area (Å²) in [4.78, 5) is 23.2. The van der Waals surface area contributed by atoms with Crippen molar-refractivity contribution in [1.82, 2.24) is 10.6 Å². The standard InChI is InChI=1S/C16H22N2O3/c1-10(2)13(8-15(19)20)18-16(21)14-7-11-5-3-4-6-12(11)9-17-14/h3-6,10,13-14,17H,7-9H2,1-2H3,(H,18,21)(H,19,20). The molecule has 0 radical (unpaired) electrons. The molecule has 2 atom stereocenters. The largest absolute Gasteiger partial charge is 0.481 e. The maximum Gasteiger partial charge on any atom is 0.305 e. The number of aliphatic carboxylic acids is 1. The van der Waals surface area contributed by atoms with Gasteiger partial charge in [-0.05, 0) is 23.5 Å². The summed E-state index contributed by atoms with van der Waals surface area (Å²) in [6.07, 6.45) is 0.590. The Balaban J connectivity index is 1.99. The predicted octanol–water partition coefficient (Wildman–Crippen LogP) is 1.32. The molecule has 1 heterocycles. The van der Waals surface area contributed by atoms with Crippen LogP contribution >= 0.6 is 0 Å². The third kappa shape index (κ3) is 4.04. The maximum atomic E-state index is 12.3. The van der Waals surface area contributed by atoms with E-state index in [-0.39, 0.29) is 30.3 Å². The zero-order chi connectivity index (χ0) is 15.4. The van der Waals surface area contributed by atoms with Crippen LogP contribution in [0, 0.1) is 5.92 Å². The number of rotatable bonds is 5. The molecule has 2 rings (SSSR count). The summed E-state index contributed by atoms with van der Waals surface area (Å²) in [5, 5.41) is 15.0. The molecule has 5 nitrogen and oxygen atoms in total. The van der Waals surface area contributed by atoms with E-state index in [1.807, 2.05) is 32.0 Å². The Labute approximate surface area is 124 Å². The molecule has 0 spiro atoms. The second-order valence-electron chi connectivity index (χ2n) is 5.86. The van der Waals surface area contributed by atoms with Gasteiger partial charge >= 0.3 is 5.97 Å². The van der Waals surface area contributed by atoms with Gasteiger partial charge in [0.1, 0.15) is 0 Å².